The lowest BCUT2D eigenvalue weighted by atomic mass is 10.1. The second kappa shape index (κ2) is 7.84. The zero-order valence-corrected chi connectivity index (χ0v) is 14.2. The molecule has 0 fully saturated rings. The lowest BCUT2D eigenvalue weighted by Crippen LogP contribution is -2.10. The highest BCUT2D eigenvalue weighted by Crippen LogP contribution is 2.13. The van der Waals surface area contributed by atoms with Crippen LogP contribution in [0.2, 0.25) is 5.02 Å². The first-order valence-corrected chi connectivity index (χ1v) is 8.17. The van der Waals surface area contributed by atoms with Crippen molar-refractivity contribution in [3.05, 3.63) is 70.8 Å². The molecule has 0 radical (unpaired) electrons. The molecule has 0 atom stereocenters. The van der Waals surface area contributed by atoms with Crippen LogP contribution in [0.1, 0.15) is 17.0 Å². The van der Waals surface area contributed by atoms with Gasteiger partial charge in [0.05, 0.1) is 12.8 Å². The maximum Gasteiger partial charge on any atom is 0.225 e. The summed E-state index contributed by atoms with van der Waals surface area (Å²) in [6, 6.07) is 13.6. The van der Waals surface area contributed by atoms with E-state index in [0.717, 1.165) is 35.3 Å². The van der Waals surface area contributed by atoms with Crippen LogP contribution in [0.3, 0.4) is 0 Å². The summed E-state index contributed by atoms with van der Waals surface area (Å²) in [4.78, 5) is 8.87. The van der Waals surface area contributed by atoms with Crippen molar-refractivity contribution in [2.45, 2.75) is 19.9 Å². The average Bonchev–Trinajstić information content (AvgIpc) is 3.06. The number of rotatable bonds is 7. The molecule has 0 saturated carbocycles. The van der Waals surface area contributed by atoms with Gasteiger partial charge in [0.2, 0.25) is 5.95 Å². The van der Waals surface area contributed by atoms with Crippen LogP contribution in [0, 0.1) is 6.92 Å². The van der Waals surface area contributed by atoms with Gasteiger partial charge in [-0.15, -0.1) is 0 Å². The molecule has 124 valence electrons. The van der Waals surface area contributed by atoms with Gasteiger partial charge in [-0.3, -0.25) is 0 Å². The van der Waals surface area contributed by atoms with Crippen molar-refractivity contribution in [1.82, 2.24) is 9.97 Å². The number of aryl methyl sites for hydroxylation is 1. The fraction of sp³-hybridized carbons (Fsp3) is 0.222. The highest BCUT2D eigenvalue weighted by molar-refractivity contribution is 6.30. The minimum Gasteiger partial charge on any atom is -0.467 e. The van der Waals surface area contributed by atoms with Gasteiger partial charge in [0.15, 0.2) is 0 Å². The van der Waals surface area contributed by atoms with Crippen LogP contribution in [0.25, 0.3) is 0 Å². The molecule has 3 rings (SSSR count). The van der Waals surface area contributed by atoms with Crippen LogP contribution in [0.4, 0.5) is 11.8 Å². The Kier molecular flexibility index (Phi) is 5.33. The SMILES string of the molecule is Cc1cc(NCCc2cccc(Cl)c2)nc(NCc2ccco2)n1. The highest BCUT2D eigenvalue weighted by Gasteiger charge is 2.03. The molecule has 0 spiro atoms. The summed E-state index contributed by atoms with van der Waals surface area (Å²) in [6.07, 6.45) is 2.52. The first kappa shape index (κ1) is 16.3. The number of anilines is 2. The number of nitrogens with zero attached hydrogens (tertiary/aromatic N) is 2. The van der Waals surface area contributed by atoms with E-state index in [1.165, 1.54) is 5.56 Å². The molecule has 6 heteroatoms. The summed E-state index contributed by atoms with van der Waals surface area (Å²) in [5.41, 5.74) is 2.09. The normalized spacial score (nSPS) is 10.6. The first-order valence-electron chi connectivity index (χ1n) is 7.79. The summed E-state index contributed by atoms with van der Waals surface area (Å²) in [7, 11) is 0. The van der Waals surface area contributed by atoms with Gasteiger partial charge in [0, 0.05) is 23.3 Å². The fourth-order valence-corrected chi connectivity index (χ4v) is 2.56. The molecule has 0 bridgehead atoms. The molecule has 2 heterocycles. The predicted octanol–water partition coefficient (Wildman–Crippen LogP) is 4.30. The molecular weight excluding hydrogens is 324 g/mol. The molecule has 0 amide bonds. The molecule has 3 aromatic rings. The van der Waals surface area contributed by atoms with E-state index in [1.54, 1.807) is 6.26 Å². The van der Waals surface area contributed by atoms with Crippen molar-refractivity contribution in [3.8, 4) is 0 Å². The van der Waals surface area contributed by atoms with E-state index in [-0.39, 0.29) is 0 Å². The Bertz CT molecular complexity index is 789. The van der Waals surface area contributed by atoms with Crippen molar-refractivity contribution in [2.24, 2.45) is 0 Å². The molecule has 5 nitrogen and oxygen atoms in total. The van der Waals surface area contributed by atoms with E-state index in [2.05, 4.69) is 26.7 Å². The minimum absolute atomic E-state index is 0.554. The van der Waals surface area contributed by atoms with E-state index >= 15 is 0 Å². The van der Waals surface area contributed by atoms with E-state index in [4.69, 9.17) is 16.0 Å². The Balaban J connectivity index is 1.57. The van der Waals surface area contributed by atoms with E-state index in [9.17, 15) is 0 Å². The monoisotopic (exact) mass is 342 g/mol. The molecular formula is C18H19ClN4O. The van der Waals surface area contributed by atoms with Crippen molar-refractivity contribution in [1.29, 1.82) is 0 Å². The largest absolute Gasteiger partial charge is 0.467 e. The summed E-state index contributed by atoms with van der Waals surface area (Å²) in [5, 5.41) is 7.26. The first-order chi connectivity index (χ1) is 11.7. The quantitative estimate of drug-likeness (QED) is 0.670. The topological polar surface area (TPSA) is 63.0 Å². The van der Waals surface area contributed by atoms with Crippen LogP contribution >= 0.6 is 11.6 Å². The average molecular weight is 343 g/mol. The number of hydrogen-bond donors (Lipinski definition) is 2. The van der Waals surface area contributed by atoms with Gasteiger partial charge in [0.25, 0.3) is 0 Å². The lowest BCUT2D eigenvalue weighted by molar-refractivity contribution is 0.517. The number of nitrogens with one attached hydrogen (secondary N) is 2. The number of halogens is 1. The Morgan fingerprint density at radius 3 is 2.79 bits per heavy atom. The molecule has 1 aromatic carbocycles. The minimum atomic E-state index is 0.554. The van der Waals surface area contributed by atoms with Gasteiger partial charge in [-0.1, -0.05) is 23.7 Å². The molecule has 0 saturated heterocycles. The van der Waals surface area contributed by atoms with E-state index in [0.29, 0.717) is 12.5 Å². The number of aromatic nitrogens is 2. The van der Waals surface area contributed by atoms with Crippen LogP contribution in [-0.2, 0) is 13.0 Å². The van der Waals surface area contributed by atoms with Crippen molar-refractivity contribution < 1.29 is 4.42 Å². The van der Waals surface area contributed by atoms with Crippen LogP contribution in [0.5, 0.6) is 0 Å². The fourth-order valence-electron chi connectivity index (χ4n) is 2.34. The Morgan fingerprint density at radius 1 is 1.08 bits per heavy atom. The van der Waals surface area contributed by atoms with Gasteiger partial charge in [0.1, 0.15) is 11.6 Å². The Labute approximate surface area is 146 Å². The van der Waals surface area contributed by atoms with Gasteiger partial charge in [-0.2, -0.15) is 4.98 Å². The van der Waals surface area contributed by atoms with Gasteiger partial charge >= 0.3 is 0 Å². The standard InChI is InChI=1S/C18H19ClN4O/c1-13-10-17(20-8-7-14-4-2-5-15(19)11-14)23-18(22-13)21-12-16-6-3-9-24-16/h2-6,9-11H,7-8,12H2,1H3,(H2,20,21,22,23). The molecule has 0 aliphatic carbocycles. The maximum atomic E-state index is 6.00. The third-order valence-electron chi connectivity index (χ3n) is 3.46. The Hall–Kier alpha value is -2.53. The van der Waals surface area contributed by atoms with E-state index in [1.807, 2.05) is 43.3 Å². The zero-order valence-electron chi connectivity index (χ0n) is 13.4. The second-order valence-electron chi connectivity index (χ2n) is 5.46. The summed E-state index contributed by atoms with van der Waals surface area (Å²) < 4.78 is 5.29. The van der Waals surface area contributed by atoms with Gasteiger partial charge < -0.3 is 15.1 Å². The predicted molar refractivity (Wildman–Crippen MR) is 96.4 cm³/mol. The third-order valence-corrected chi connectivity index (χ3v) is 3.70. The van der Waals surface area contributed by atoms with Crippen LogP contribution in [0.15, 0.2) is 53.1 Å². The van der Waals surface area contributed by atoms with Crippen molar-refractivity contribution in [3.63, 3.8) is 0 Å². The summed E-state index contributed by atoms with van der Waals surface area (Å²) >= 11 is 6.00. The van der Waals surface area contributed by atoms with Gasteiger partial charge in [-0.05, 0) is 43.2 Å². The molecule has 2 N–H and O–H groups in total. The zero-order chi connectivity index (χ0) is 16.8. The molecule has 0 aliphatic heterocycles. The molecule has 24 heavy (non-hydrogen) atoms. The number of benzene rings is 1. The van der Waals surface area contributed by atoms with Crippen LogP contribution in [-0.4, -0.2) is 16.5 Å². The van der Waals surface area contributed by atoms with E-state index < -0.39 is 0 Å². The van der Waals surface area contributed by atoms with Crippen LogP contribution < -0.4 is 10.6 Å². The maximum absolute atomic E-state index is 6.00. The summed E-state index contributed by atoms with van der Waals surface area (Å²) in [6.45, 7) is 3.27. The highest BCUT2D eigenvalue weighted by atomic mass is 35.5. The Morgan fingerprint density at radius 2 is 2.00 bits per heavy atom. The lowest BCUT2D eigenvalue weighted by Gasteiger charge is -2.09. The van der Waals surface area contributed by atoms with Crippen molar-refractivity contribution >= 4 is 23.4 Å². The summed E-state index contributed by atoms with van der Waals surface area (Å²) in [5.74, 6) is 2.22. The smallest absolute Gasteiger partial charge is 0.225 e. The third kappa shape index (κ3) is 4.73. The second-order valence-corrected chi connectivity index (χ2v) is 5.89. The molecule has 0 aliphatic rings. The van der Waals surface area contributed by atoms with Gasteiger partial charge in [-0.25, -0.2) is 4.98 Å². The number of hydrogen-bond acceptors (Lipinski definition) is 5. The molecule has 2 aromatic heterocycles. The number of furan rings is 1. The van der Waals surface area contributed by atoms with Crippen molar-refractivity contribution in [2.75, 3.05) is 17.2 Å². The molecule has 0 unspecified atom stereocenters.